The third-order valence-corrected chi connectivity index (χ3v) is 14.0. The summed E-state index contributed by atoms with van der Waals surface area (Å²) in [6.45, 7) is 0. The van der Waals surface area contributed by atoms with E-state index >= 15 is 0 Å². The molecule has 11 rings (SSSR count). The van der Waals surface area contributed by atoms with Gasteiger partial charge in [0.05, 0.1) is 5.52 Å². The minimum atomic E-state index is 0.371. The molecule has 0 fully saturated rings. The summed E-state index contributed by atoms with van der Waals surface area (Å²) in [7, 11) is 0. The van der Waals surface area contributed by atoms with Crippen LogP contribution in [0.25, 0.3) is 78.1 Å². The number of hydrogen-bond donors (Lipinski definition) is 0. The summed E-state index contributed by atoms with van der Waals surface area (Å²) >= 11 is 2.24. The van der Waals surface area contributed by atoms with Crippen LogP contribution in [0.5, 0.6) is 0 Å². The van der Waals surface area contributed by atoms with Gasteiger partial charge >= 0.3 is 191 Å². The predicted molar refractivity (Wildman–Crippen MR) is 226 cm³/mol. The van der Waals surface area contributed by atoms with Crippen molar-refractivity contribution in [3.8, 4) is 16.8 Å². The quantitative estimate of drug-likeness (QED) is 0.159. The molecule has 11 aromatic rings. The maximum atomic E-state index is 2.45. The minimum absolute atomic E-state index is 0.371. The van der Waals surface area contributed by atoms with Gasteiger partial charge in [-0.2, -0.15) is 0 Å². The maximum absolute atomic E-state index is 2.45. The number of hydrogen-bond acceptors (Lipinski definition) is 2. The first kappa shape index (κ1) is 29.8. The molecule has 4 heteroatoms. The predicted octanol–water partition coefficient (Wildman–Crippen LogP) is 13.7. The SMILES string of the molecule is c1ccc(-n2c3ccccc3c3ccc(N(c4ccc(-c5ccc6[se]c7ccccc7c6c5)cc4)c4cccc5c4sc4ccccc45)cc32)cc1. The van der Waals surface area contributed by atoms with Crippen LogP contribution in [0.4, 0.5) is 17.1 Å². The van der Waals surface area contributed by atoms with E-state index in [9.17, 15) is 0 Å². The Morgan fingerprint density at radius 1 is 0.423 bits per heavy atom. The smallest absolute Gasteiger partial charge is 0.0602 e. The molecule has 0 aliphatic heterocycles. The van der Waals surface area contributed by atoms with Crippen molar-refractivity contribution in [2.45, 2.75) is 0 Å². The molecule has 0 saturated carbocycles. The van der Waals surface area contributed by atoms with E-state index in [1.165, 1.54) is 78.1 Å². The molecule has 0 aliphatic carbocycles. The van der Waals surface area contributed by atoms with Gasteiger partial charge in [-0.1, -0.05) is 60.7 Å². The summed E-state index contributed by atoms with van der Waals surface area (Å²) in [5.41, 5.74) is 9.48. The molecule has 52 heavy (non-hydrogen) atoms. The molecule has 0 atom stereocenters. The van der Waals surface area contributed by atoms with Crippen molar-refractivity contribution < 1.29 is 0 Å². The normalized spacial score (nSPS) is 11.8. The Morgan fingerprint density at radius 3 is 1.98 bits per heavy atom. The zero-order chi connectivity index (χ0) is 34.2. The summed E-state index contributed by atoms with van der Waals surface area (Å²) in [6.07, 6.45) is 0. The van der Waals surface area contributed by atoms with E-state index in [0.29, 0.717) is 14.5 Å². The van der Waals surface area contributed by atoms with Crippen LogP contribution in [0, 0.1) is 0 Å². The second kappa shape index (κ2) is 11.8. The number of benzene rings is 8. The van der Waals surface area contributed by atoms with Crippen LogP contribution in [0.3, 0.4) is 0 Å². The van der Waals surface area contributed by atoms with Crippen LogP contribution in [-0.2, 0) is 0 Å². The van der Waals surface area contributed by atoms with Crippen LogP contribution in [0.2, 0.25) is 0 Å². The third kappa shape index (κ3) is 4.62. The molecule has 0 amide bonds. The van der Waals surface area contributed by atoms with Crippen molar-refractivity contribution in [3.05, 3.63) is 182 Å². The number of nitrogens with zero attached hydrogens (tertiary/aromatic N) is 2. The fourth-order valence-corrected chi connectivity index (χ4v) is 11.5. The topological polar surface area (TPSA) is 8.17 Å². The fourth-order valence-electron chi connectivity index (χ4n) is 8.00. The first-order valence-electron chi connectivity index (χ1n) is 17.6. The Morgan fingerprint density at radius 2 is 1.10 bits per heavy atom. The number of rotatable bonds is 5. The van der Waals surface area contributed by atoms with Crippen molar-refractivity contribution in [2.75, 3.05) is 4.90 Å². The van der Waals surface area contributed by atoms with E-state index in [2.05, 4.69) is 191 Å². The van der Waals surface area contributed by atoms with Gasteiger partial charge in [-0.05, 0) is 24.3 Å². The van der Waals surface area contributed by atoms with Crippen molar-refractivity contribution in [2.24, 2.45) is 0 Å². The van der Waals surface area contributed by atoms with Gasteiger partial charge in [0.25, 0.3) is 0 Å². The summed E-state index contributed by atoms with van der Waals surface area (Å²) in [4.78, 5) is 2.45. The van der Waals surface area contributed by atoms with Gasteiger partial charge in [0.2, 0.25) is 0 Å². The number of para-hydroxylation sites is 2. The zero-order valence-corrected chi connectivity index (χ0v) is 30.6. The summed E-state index contributed by atoms with van der Waals surface area (Å²) in [5.74, 6) is 0. The number of anilines is 3. The van der Waals surface area contributed by atoms with Crippen LogP contribution < -0.4 is 4.90 Å². The van der Waals surface area contributed by atoms with E-state index in [1.54, 1.807) is 0 Å². The van der Waals surface area contributed by atoms with Gasteiger partial charge in [0.15, 0.2) is 0 Å². The van der Waals surface area contributed by atoms with Crippen molar-refractivity contribution in [3.63, 3.8) is 0 Å². The molecule has 0 unspecified atom stereocenters. The van der Waals surface area contributed by atoms with Crippen molar-refractivity contribution in [1.29, 1.82) is 0 Å². The Kier molecular flexibility index (Phi) is 6.78. The molecule has 0 bridgehead atoms. The molecular formula is C48H30N2SSe. The second-order valence-corrected chi connectivity index (χ2v) is 16.7. The first-order valence-corrected chi connectivity index (χ1v) is 20.1. The van der Waals surface area contributed by atoms with E-state index in [0.717, 1.165) is 17.1 Å². The zero-order valence-electron chi connectivity index (χ0n) is 28.0. The molecule has 0 aliphatic rings. The van der Waals surface area contributed by atoms with Gasteiger partial charge in [-0.25, -0.2) is 0 Å². The first-order chi connectivity index (χ1) is 25.8. The molecule has 3 heterocycles. The van der Waals surface area contributed by atoms with E-state index in [4.69, 9.17) is 0 Å². The Labute approximate surface area is 310 Å². The van der Waals surface area contributed by atoms with Crippen LogP contribution >= 0.6 is 11.3 Å². The molecule has 244 valence electrons. The van der Waals surface area contributed by atoms with E-state index in [-0.39, 0.29) is 0 Å². The summed E-state index contributed by atoms with van der Waals surface area (Å²) in [5, 5.41) is 7.88. The second-order valence-electron chi connectivity index (χ2n) is 13.3. The number of fused-ring (bicyclic) bond motifs is 9. The average molecular weight is 746 g/mol. The average Bonchev–Trinajstić information content (AvgIpc) is 3.88. The van der Waals surface area contributed by atoms with Crippen LogP contribution in [-0.4, -0.2) is 19.1 Å². The van der Waals surface area contributed by atoms with Crippen LogP contribution in [0.15, 0.2) is 182 Å². The van der Waals surface area contributed by atoms with Crippen molar-refractivity contribution in [1.82, 2.24) is 4.57 Å². The Bertz CT molecular complexity index is 3130. The van der Waals surface area contributed by atoms with Gasteiger partial charge in [0, 0.05) is 26.5 Å². The van der Waals surface area contributed by atoms with Gasteiger partial charge in [-0.15, -0.1) is 0 Å². The van der Waals surface area contributed by atoms with Gasteiger partial charge < -0.3 is 4.57 Å². The third-order valence-electron chi connectivity index (χ3n) is 10.4. The minimum Gasteiger partial charge on any atom is -0.0602 e. The standard InChI is InChI=1S/C48H30N2SSe/c1-2-11-33(12-3-1)50-42-17-7-4-13-36(42)37-27-26-35(30-44(37)50)49(43-18-10-16-40-38-14-5-8-19-45(38)51-48(40)43)34-24-21-31(22-25-34)32-23-28-47-41(29-32)39-15-6-9-20-46(39)52-47/h1-30H. The van der Waals surface area contributed by atoms with Gasteiger partial charge in [-0.3, -0.25) is 0 Å². The van der Waals surface area contributed by atoms with Gasteiger partial charge in [0.1, 0.15) is 0 Å². The molecule has 3 aromatic heterocycles. The number of aromatic nitrogens is 1. The van der Waals surface area contributed by atoms with E-state index < -0.39 is 0 Å². The monoisotopic (exact) mass is 746 g/mol. The summed E-state index contributed by atoms with van der Waals surface area (Å²) < 4.78 is 7.95. The molecule has 0 spiro atoms. The Balaban J connectivity index is 1.12. The van der Waals surface area contributed by atoms with E-state index in [1.807, 2.05) is 11.3 Å². The van der Waals surface area contributed by atoms with Crippen molar-refractivity contribution >= 4 is 104 Å². The molecule has 0 radical (unpaired) electrons. The fraction of sp³-hybridized carbons (Fsp3) is 0. The summed E-state index contributed by atoms with van der Waals surface area (Å²) in [6, 6.07) is 67.1. The molecule has 0 saturated heterocycles. The van der Waals surface area contributed by atoms with Crippen LogP contribution in [0.1, 0.15) is 0 Å². The molecule has 0 N–H and O–H groups in total. The Hall–Kier alpha value is -5.90. The molecular weight excluding hydrogens is 716 g/mol. The molecule has 2 nitrogen and oxygen atoms in total. The number of thiophene rings is 1. The molecule has 8 aromatic carbocycles.